The van der Waals surface area contributed by atoms with Crippen molar-refractivity contribution in [2.24, 2.45) is 0 Å². The molecule has 0 atom stereocenters. The number of ether oxygens (including phenoxy) is 1. The summed E-state index contributed by atoms with van der Waals surface area (Å²) in [7, 11) is 0. The summed E-state index contributed by atoms with van der Waals surface area (Å²) in [5.41, 5.74) is 5.99. The van der Waals surface area contributed by atoms with Gasteiger partial charge in [0.25, 0.3) is 0 Å². The van der Waals surface area contributed by atoms with E-state index in [9.17, 15) is 4.79 Å². The number of aromatic nitrogens is 2. The second-order valence-corrected chi connectivity index (χ2v) is 3.26. The summed E-state index contributed by atoms with van der Waals surface area (Å²) in [6.07, 6.45) is 1.65. The quantitative estimate of drug-likeness (QED) is 0.595. The number of hydrogen-bond acceptors (Lipinski definition) is 6. The van der Waals surface area contributed by atoms with Crippen molar-refractivity contribution in [2.45, 2.75) is 13.3 Å². The summed E-state index contributed by atoms with van der Waals surface area (Å²) in [6, 6.07) is 0. The maximum absolute atomic E-state index is 11.0. The molecule has 0 unspecified atom stereocenters. The van der Waals surface area contributed by atoms with Crippen LogP contribution >= 0.6 is 11.6 Å². The van der Waals surface area contributed by atoms with Crippen molar-refractivity contribution >= 4 is 29.1 Å². The van der Waals surface area contributed by atoms with Crippen molar-refractivity contribution in [1.29, 1.82) is 0 Å². The van der Waals surface area contributed by atoms with Crippen LogP contribution in [0.4, 0.5) is 11.5 Å². The van der Waals surface area contributed by atoms with Crippen molar-refractivity contribution in [3.05, 3.63) is 11.5 Å². The first-order chi connectivity index (χ1) is 7.63. The van der Waals surface area contributed by atoms with Gasteiger partial charge in [-0.15, -0.1) is 0 Å². The lowest BCUT2D eigenvalue weighted by Crippen LogP contribution is -2.13. The lowest BCUT2D eigenvalue weighted by Gasteiger charge is -2.07. The van der Waals surface area contributed by atoms with Gasteiger partial charge in [0.1, 0.15) is 0 Å². The molecule has 6 nitrogen and oxygen atoms in total. The average Bonchev–Trinajstić information content (AvgIpc) is 2.23. The zero-order chi connectivity index (χ0) is 12.0. The van der Waals surface area contributed by atoms with Gasteiger partial charge in [-0.1, -0.05) is 0 Å². The predicted molar refractivity (Wildman–Crippen MR) is 61.2 cm³/mol. The molecule has 0 amide bonds. The molecule has 1 heterocycles. The molecular weight excluding hydrogens is 232 g/mol. The fourth-order valence-electron chi connectivity index (χ4n) is 1.03. The van der Waals surface area contributed by atoms with Gasteiger partial charge in [-0.3, -0.25) is 4.79 Å². The Hall–Kier alpha value is -1.56. The predicted octanol–water partition coefficient (Wildman–Crippen LogP) is 1.08. The van der Waals surface area contributed by atoms with Gasteiger partial charge in [0.15, 0.2) is 5.82 Å². The number of nitrogen functional groups attached to an aromatic ring is 1. The average molecular weight is 245 g/mol. The molecule has 16 heavy (non-hydrogen) atoms. The Kier molecular flexibility index (Phi) is 4.78. The molecule has 0 aliphatic carbocycles. The number of carbonyl (C=O) groups excluding carboxylic acids is 1. The number of anilines is 2. The Labute approximate surface area is 98.2 Å². The van der Waals surface area contributed by atoms with Crippen LogP contribution in [-0.2, 0) is 9.53 Å². The van der Waals surface area contributed by atoms with Gasteiger partial charge in [-0.2, -0.15) is 4.98 Å². The highest BCUT2D eigenvalue weighted by molar-refractivity contribution is 6.28. The third kappa shape index (κ3) is 3.90. The Morgan fingerprint density at radius 1 is 1.69 bits per heavy atom. The Balaban J connectivity index is 2.42. The maximum Gasteiger partial charge on any atom is 0.307 e. The normalized spacial score (nSPS) is 9.88. The number of carbonyl (C=O) groups is 1. The second-order valence-electron chi connectivity index (χ2n) is 2.92. The Morgan fingerprint density at radius 2 is 2.44 bits per heavy atom. The van der Waals surface area contributed by atoms with Gasteiger partial charge >= 0.3 is 5.97 Å². The van der Waals surface area contributed by atoms with E-state index in [0.717, 1.165) is 0 Å². The lowest BCUT2D eigenvalue weighted by atomic mass is 10.4. The molecule has 0 aliphatic heterocycles. The molecule has 7 heteroatoms. The van der Waals surface area contributed by atoms with E-state index in [-0.39, 0.29) is 17.7 Å². The molecule has 0 saturated heterocycles. The molecule has 0 aliphatic rings. The van der Waals surface area contributed by atoms with Crippen LogP contribution in [-0.4, -0.2) is 29.1 Å². The van der Waals surface area contributed by atoms with Crippen molar-refractivity contribution in [2.75, 3.05) is 24.2 Å². The number of nitrogens with two attached hydrogens (primary N) is 1. The fourth-order valence-corrected chi connectivity index (χ4v) is 1.16. The third-order valence-corrected chi connectivity index (χ3v) is 1.90. The number of hydrogen-bond donors (Lipinski definition) is 2. The Bertz CT molecular complexity index is 373. The third-order valence-electron chi connectivity index (χ3n) is 1.71. The SMILES string of the molecule is CCOC(=O)CCNc1nc(Cl)ncc1N. The van der Waals surface area contributed by atoms with Crippen molar-refractivity contribution in [3.63, 3.8) is 0 Å². The standard InChI is InChI=1S/C9H13ClN4O2/c1-2-16-7(15)3-4-12-8-6(11)5-13-9(10)14-8/h5H,2-4,11H2,1H3,(H,12,13,14). The van der Waals surface area contributed by atoms with Crippen LogP contribution in [0.3, 0.4) is 0 Å². The molecule has 88 valence electrons. The van der Waals surface area contributed by atoms with Crippen LogP contribution < -0.4 is 11.1 Å². The summed E-state index contributed by atoms with van der Waals surface area (Å²) < 4.78 is 4.76. The van der Waals surface area contributed by atoms with Crippen LogP contribution in [0.2, 0.25) is 5.28 Å². The maximum atomic E-state index is 11.0. The summed E-state index contributed by atoms with van der Waals surface area (Å²) >= 11 is 5.60. The Morgan fingerprint density at radius 3 is 3.12 bits per heavy atom. The van der Waals surface area contributed by atoms with Crippen molar-refractivity contribution in [1.82, 2.24) is 9.97 Å². The number of halogens is 1. The second kappa shape index (κ2) is 6.12. The highest BCUT2D eigenvalue weighted by Gasteiger charge is 2.05. The summed E-state index contributed by atoms with van der Waals surface area (Å²) in [5, 5.41) is 2.99. The van der Waals surface area contributed by atoms with E-state index >= 15 is 0 Å². The molecule has 0 bridgehead atoms. The molecule has 3 N–H and O–H groups in total. The summed E-state index contributed by atoms with van der Waals surface area (Å²) in [4.78, 5) is 18.6. The first kappa shape index (κ1) is 12.5. The topological polar surface area (TPSA) is 90.1 Å². The van der Waals surface area contributed by atoms with E-state index in [2.05, 4.69) is 15.3 Å². The minimum atomic E-state index is -0.270. The lowest BCUT2D eigenvalue weighted by molar-refractivity contribution is -0.142. The van der Waals surface area contributed by atoms with E-state index in [1.54, 1.807) is 6.92 Å². The number of rotatable bonds is 5. The van der Waals surface area contributed by atoms with E-state index in [0.29, 0.717) is 24.7 Å². The number of nitrogens with zero attached hydrogens (tertiary/aromatic N) is 2. The molecule has 0 saturated carbocycles. The van der Waals surface area contributed by atoms with E-state index < -0.39 is 0 Å². The first-order valence-electron chi connectivity index (χ1n) is 4.81. The molecule has 0 fully saturated rings. The van der Waals surface area contributed by atoms with Crippen molar-refractivity contribution < 1.29 is 9.53 Å². The van der Waals surface area contributed by atoms with Gasteiger partial charge < -0.3 is 15.8 Å². The van der Waals surface area contributed by atoms with E-state index in [1.807, 2.05) is 0 Å². The van der Waals surface area contributed by atoms with Crippen LogP contribution in [0.15, 0.2) is 6.20 Å². The van der Waals surface area contributed by atoms with Gasteiger partial charge in [0.05, 0.1) is 24.9 Å². The first-order valence-corrected chi connectivity index (χ1v) is 5.18. The molecule has 0 aromatic carbocycles. The zero-order valence-electron chi connectivity index (χ0n) is 8.86. The number of esters is 1. The monoisotopic (exact) mass is 244 g/mol. The summed E-state index contributed by atoms with van der Waals surface area (Å²) in [6.45, 7) is 2.52. The molecule has 0 radical (unpaired) electrons. The van der Waals surface area contributed by atoms with Gasteiger partial charge in [-0.25, -0.2) is 4.98 Å². The minimum absolute atomic E-state index is 0.104. The van der Waals surface area contributed by atoms with Crippen LogP contribution in [0.5, 0.6) is 0 Å². The van der Waals surface area contributed by atoms with Gasteiger partial charge in [0.2, 0.25) is 5.28 Å². The number of nitrogens with one attached hydrogen (secondary N) is 1. The minimum Gasteiger partial charge on any atom is -0.466 e. The van der Waals surface area contributed by atoms with Crippen LogP contribution in [0.1, 0.15) is 13.3 Å². The highest BCUT2D eigenvalue weighted by atomic mass is 35.5. The largest absolute Gasteiger partial charge is 0.466 e. The van der Waals surface area contributed by atoms with Gasteiger partial charge in [0, 0.05) is 6.54 Å². The fraction of sp³-hybridized carbons (Fsp3) is 0.444. The van der Waals surface area contributed by atoms with Crippen LogP contribution in [0, 0.1) is 0 Å². The molecule has 1 aromatic rings. The molecule has 1 aromatic heterocycles. The van der Waals surface area contributed by atoms with E-state index in [1.165, 1.54) is 6.20 Å². The molecular formula is C9H13ClN4O2. The van der Waals surface area contributed by atoms with Crippen LogP contribution in [0.25, 0.3) is 0 Å². The van der Waals surface area contributed by atoms with Crippen molar-refractivity contribution in [3.8, 4) is 0 Å². The van der Waals surface area contributed by atoms with Gasteiger partial charge in [-0.05, 0) is 18.5 Å². The summed E-state index contributed by atoms with van der Waals surface area (Å²) in [5.74, 6) is 0.151. The highest BCUT2D eigenvalue weighted by Crippen LogP contribution is 2.15. The van der Waals surface area contributed by atoms with E-state index in [4.69, 9.17) is 22.1 Å². The molecule has 0 spiro atoms. The zero-order valence-corrected chi connectivity index (χ0v) is 9.62. The smallest absolute Gasteiger partial charge is 0.307 e. The molecule has 1 rings (SSSR count).